The van der Waals surface area contributed by atoms with Crippen LogP contribution in [0.4, 0.5) is 5.82 Å². The maximum absolute atomic E-state index is 4.86. The smallest absolute Gasteiger partial charge is 0.163 e. The Morgan fingerprint density at radius 3 is 2.42 bits per heavy atom. The molecule has 1 atom stereocenters. The molecule has 0 saturated heterocycles. The Morgan fingerprint density at radius 1 is 1.12 bits per heavy atom. The fourth-order valence-electron chi connectivity index (χ4n) is 2.92. The largest absolute Gasteiger partial charge is 0.361 e. The number of likely N-dealkylation sites (N-methyl/N-ethyl adjacent to an activating group) is 1. The summed E-state index contributed by atoms with van der Waals surface area (Å²) in [5.74, 6) is 1.65. The van der Waals surface area contributed by atoms with Crippen molar-refractivity contribution >= 4 is 16.9 Å². The van der Waals surface area contributed by atoms with Crippen LogP contribution in [0.15, 0.2) is 36.5 Å². The summed E-state index contributed by atoms with van der Waals surface area (Å²) in [6.45, 7) is 7.25. The molecule has 6 nitrogen and oxygen atoms in total. The van der Waals surface area contributed by atoms with Crippen LogP contribution < -0.4 is 5.32 Å². The maximum atomic E-state index is 4.86. The van der Waals surface area contributed by atoms with E-state index < -0.39 is 0 Å². The Hall–Kier alpha value is -2.47. The lowest BCUT2D eigenvalue weighted by molar-refractivity contribution is 0.386. The second-order valence-electron chi connectivity index (χ2n) is 8.02. The molecule has 2 heterocycles. The summed E-state index contributed by atoms with van der Waals surface area (Å²) in [5.41, 5.74) is 1.94. The van der Waals surface area contributed by atoms with Crippen LogP contribution in [0, 0.1) is 0 Å². The van der Waals surface area contributed by atoms with Crippen molar-refractivity contribution in [3.63, 3.8) is 0 Å². The average molecular weight is 352 g/mol. The molecule has 3 aromatic rings. The van der Waals surface area contributed by atoms with Gasteiger partial charge in [-0.05, 0) is 19.7 Å². The van der Waals surface area contributed by atoms with Gasteiger partial charge in [0.1, 0.15) is 11.6 Å². The van der Waals surface area contributed by atoms with Gasteiger partial charge in [-0.15, -0.1) is 0 Å². The van der Waals surface area contributed by atoms with Gasteiger partial charge in [-0.1, -0.05) is 51.1 Å². The van der Waals surface area contributed by atoms with E-state index in [0.29, 0.717) is 0 Å². The number of hydrogen-bond acceptors (Lipinski definition) is 5. The SMILES string of the molecule is CN(C)C[C@H](Nc1nc(C(C)(C)C)nc2c1cnn2C)c1ccccc1. The van der Waals surface area contributed by atoms with Crippen molar-refractivity contribution in [2.75, 3.05) is 26.0 Å². The molecule has 1 N–H and O–H groups in total. The molecule has 2 aromatic heterocycles. The third-order valence-electron chi connectivity index (χ3n) is 4.32. The van der Waals surface area contributed by atoms with Gasteiger partial charge in [0.05, 0.1) is 17.6 Å². The molecule has 0 spiro atoms. The molecule has 1 aromatic carbocycles. The maximum Gasteiger partial charge on any atom is 0.163 e. The number of rotatable bonds is 5. The van der Waals surface area contributed by atoms with Crippen molar-refractivity contribution < 1.29 is 0 Å². The fraction of sp³-hybridized carbons (Fsp3) is 0.450. The van der Waals surface area contributed by atoms with E-state index in [9.17, 15) is 0 Å². The molecule has 3 rings (SSSR count). The Kier molecular flexibility index (Phi) is 4.96. The highest BCUT2D eigenvalue weighted by Crippen LogP contribution is 2.28. The summed E-state index contributed by atoms with van der Waals surface area (Å²) in [5, 5.41) is 8.98. The molecule has 26 heavy (non-hydrogen) atoms. The highest BCUT2D eigenvalue weighted by molar-refractivity contribution is 5.86. The van der Waals surface area contributed by atoms with Gasteiger partial charge >= 0.3 is 0 Å². The van der Waals surface area contributed by atoms with Crippen LogP contribution in [0.2, 0.25) is 0 Å². The minimum absolute atomic E-state index is 0.123. The summed E-state index contributed by atoms with van der Waals surface area (Å²) in [6.07, 6.45) is 1.84. The van der Waals surface area contributed by atoms with Crippen LogP contribution >= 0.6 is 0 Å². The van der Waals surface area contributed by atoms with Crippen molar-refractivity contribution in [3.05, 3.63) is 47.9 Å². The van der Waals surface area contributed by atoms with E-state index in [4.69, 9.17) is 9.97 Å². The van der Waals surface area contributed by atoms with E-state index in [1.807, 2.05) is 19.3 Å². The molecule has 0 fully saturated rings. The summed E-state index contributed by atoms with van der Waals surface area (Å²) >= 11 is 0. The molecule has 0 aliphatic rings. The third kappa shape index (κ3) is 3.85. The number of nitrogens with one attached hydrogen (secondary N) is 1. The lowest BCUT2D eigenvalue weighted by atomic mass is 9.95. The Morgan fingerprint density at radius 2 is 1.81 bits per heavy atom. The number of aryl methyl sites for hydroxylation is 1. The lowest BCUT2D eigenvalue weighted by Gasteiger charge is -2.25. The zero-order valence-corrected chi connectivity index (χ0v) is 16.5. The molecule has 0 saturated carbocycles. The number of benzene rings is 1. The van der Waals surface area contributed by atoms with E-state index in [0.717, 1.165) is 29.2 Å². The van der Waals surface area contributed by atoms with Gasteiger partial charge in [0.15, 0.2) is 5.65 Å². The van der Waals surface area contributed by atoms with E-state index in [-0.39, 0.29) is 11.5 Å². The van der Waals surface area contributed by atoms with Gasteiger partial charge in [-0.2, -0.15) is 5.10 Å². The minimum Gasteiger partial charge on any atom is -0.361 e. The summed E-state index contributed by atoms with van der Waals surface area (Å²) in [6, 6.07) is 10.6. The first kappa shape index (κ1) is 18.3. The molecular weight excluding hydrogens is 324 g/mol. The van der Waals surface area contributed by atoms with Crippen LogP contribution in [0.25, 0.3) is 11.0 Å². The number of aromatic nitrogens is 4. The van der Waals surface area contributed by atoms with Crippen LogP contribution in [0.5, 0.6) is 0 Å². The first-order valence-electron chi connectivity index (χ1n) is 8.92. The lowest BCUT2D eigenvalue weighted by Crippen LogP contribution is -2.26. The number of nitrogens with zero attached hydrogens (tertiary/aromatic N) is 5. The van der Waals surface area contributed by atoms with Gasteiger partial charge < -0.3 is 10.2 Å². The van der Waals surface area contributed by atoms with E-state index in [2.05, 4.69) is 74.4 Å². The quantitative estimate of drug-likeness (QED) is 0.763. The molecule has 0 aliphatic carbocycles. The highest BCUT2D eigenvalue weighted by atomic mass is 15.3. The normalized spacial score (nSPS) is 13.3. The first-order chi connectivity index (χ1) is 12.3. The second-order valence-corrected chi connectivity index (χ2v) is 8.02. The third-order valence-corrected chi connectivity index (χ3v) is 4.32. The van der Waals surface area contributed by atoms with Crippen LogP contribution in [0.3, 0.4) is 0 Å². The second kappa shape index (κ2) is 7.03. The van der Waals surface area contributed by atoms with E-state index in [1.54, 1.807) is 4.68 Å². The zero-order valence-electron chi connectivity index (χ0n) is 16.5. The number of hydrogen-bond donors (Lipinski definition) is 1. The van der Waals surface area contributed by atoms with Crippen molar-refractivity contribution in [2.24, 2.45) is 7.05 Å². The van der Waals surface area contributed by atoms with Gasteiger partial charge in [-0.25, -0.2) is 9.97 Å². The van der Waals surface area contributed by atoms with E-state index in [1.165, 1.54) is 5.56 Å². The summed E-state index contributed by atoms with van der Waals surface area (Å²) < 4.78 is 1.81. The number of anilines is 1. The fourth-order valence-corrected chi connectivity index (χ4v) is 2.92. The van der Waals surface area contributed by atoms with Crippen LogP contribution in [-0.2, 0) is 12.5 Å². The van der Waals surface area contributed by atoms with Crippen molar-refractivity contribution in [1.29, 1.82) is 0 Å². The summed E-state index contributed by atoms with van der Waals surface area (Å²) in [4.78, 5) is 11.8. The molecule has 6 heteroatoms. The molecule has 0 unspecified atom stereocenters. The zero-order chi connectivity index (χ0) is 18.9. The van der Waals surface area contributed by atoms with Crippen LogP contribution in [-0.4, -0.2) is 45.3 Å². The Labute approximate surface area is 155 Å². The summed E-state index contributed by atoms with van der Waals surface area (Å²) in [7, 11) is 6.08. The average Bonchev–Trinajstić information content (AvgIpc) is 2.95. The monoisotopic (exact) mass is 352 g/mol. The first-order valence-corrected chi connectivity index (χ1v) is 8.92. The molecular formula is C20H28N6. The van der Waals surface area contributed by atoms with E-state index >= 15 is 0 Å². The molecule has 138 valence electrons. The predicted molar refractivity (Wildman–Crippen MR) is 106 cm³/mol. The minimum atomic E-state index is -0.140. The van der Waals surface area contributed by atoms with Gasteiger partial charge in [0.25, 0.3) is 0 Å². The molecule has 0 amide bonds. The van der Waals surface area contributed by atoms with Gasteiger partial charge in [0.2, 0.25) is 0 Å². The Balaban J connectivity index is 2.07. The van der Waals surface area contributed by atoms with Crippen molar-refractivity contribution in [3.8, 4) is 0 Å². The molecule has 0 aliphatic heterocycles. The highest BCUT2D eigenvalue weighted by Gasteiger charge is 2.23. The van der Waals surface area contributed by atoms with Crippen LogP contribution in [0.1, 0.15) is 38.2 Å². The Bertz CT molecular complexity index is 876. The topological polar surface area (TPSA) is 58.9 Å². The standard InChI is InChI=1S/C20H28N6/c1-20(2,3)19-23-17(15-12-21-26(6)18(15)24-19)22-16(13-25(4)5)14-10-8-7-9-11-14/h7-12,16H,13H2,1-6H3,(H,22,23,24)/t16-/m0/s1. The van der Waals surface area contributed by atoms with Gasteiger partial charge in [0, 0.05) is 19.0 Å². The molecule has 0 radical (unpaired) electrons. The number of fused-ring (bicyclic) bond motifs is 1. The molecule has 0 bridgehead atoms. The van der Waals surface area contributed by atoms with Crippen molar-refractivity contribution in [2.45, 2.75) is 32.2 Å². The van der Waals surface area contributed by atoms with Gasteiger partial charge in [-0.3, -0.25) is 4.68 Å². The van der Waals surface area contributed by atoms with Crippen molar-refractivity contribution in [1.82, 2.24) is 24.6 Å². The predicted octanol–water partition coefficient (Wildman–Crippen LogP) is 3.38.